The summed E-state index contributed by atoms with van der Waals surface area (Å²) in [6, 6.07) is 58.7. The Morgan fingerprint density at radius 2 is 0.853 bits per heavy atom. The van der Waals surface area contributed by atoms with Gasteiger partial charge in [0.15, 0.2) is 11.4 Å². The van der Waals surface area contributed by atoms with Crippen molar-refractivity contribution in [1.82, 2.24) is 19.1 Å². The van der Waals surface area contributed by atoms with Crippen LogP contribution in [0.1, 0.15) is 105 Å². The van der Waals surface area contributed by atoms with Gasteiger partial charge in [0.1, 0.15) is 5.58 Å². The Labute approximate surface area is 440 Å². The van der Waals surface area contributed by atoms with Gasteiger partial charge in [-0.15, -0.1) is 0 Å². The molecule has 0 aliphatic rings. The third kappa shape index (κ3) is 7.91. The summed E-state index contributed by atoms with van der Waals surface area (Å²) in [5.74, 6) is 0.626. The molecule has 0 saturated carbocycles. The van der Waals surface area contributed by atoms with E-state index in [0.717, 1.165) is 77.4 Å². The first kappa shape index (κ1) is 47.7. The lowest BCUT2D eigenvalue weighted by Gasteiger charge is -2.20. The summed E-state index contributed by atoms with van der Waals surface area (Å²) in [5.41, 5.74) is 16.6. The number of hydrogen-bond donors (Lipinski definition) is 0. The summed E-state index contributed by atoms with van der Waals surface area (Å²) < 4.78 is 12.3. The molecule has 0 saturated heterocycles. The van der Waals surface area contributed by atoms with Crippen molar-refractivity contribution in [2.45, 2.75) is 105 Å². The van der Waals surface area contributed by atoms with Crippen LogP contribution in [0, 0.1) is 6.57 Å². The van der Waals surface area contributed by atoms with E-state index in [4.69, 9.17) is 14.4 Å². The highest BCUT2D eigenvalue weighted by Crippen LogP contribution is 2.50. The fourth-order valence-electron chi connectivity index (χ4n) is 11.1. The van der Waals surface area contributed by atoms with Crippen LogP contribution in [0.15, 0.2) is 168 Å². The predicted octanol–water partition coefficient (Wildman–Crippen LogP) is 19.3. The molecule has 6 heteroatoms. The summed E-state index contributed by atoms with van der Waals surface area (Å²) in [5, 5.41) is 6.48. The van der Waals surface area contributed by atoms with Crippen molar-refractivity contribution >= 4 is 71.2 Å². The van der Waals surface area contributed by atoms with Crippen LogP contribution in [0.3, 0.4) is 0 Å². The summed E-state index contributed by atoms with van der Waals surface area (Å²) in [6.07, 6.45) is 0. The molecule has 0 atom stereocenters. The molecule has 0 aliphatic carbocycles. The number of hydrogen-bond acceptors (Lipinski definition) is 3. The molecule has 12 aromatic rings. The zero-order valence-electron chi connectivity index (χ0n) is 45.2. The van der Waals surface area contributed by atoms with Gasteiger partial charge >= 0.3 is 0 Å². The van der Waals surface area contributed by atoms with Crippen LogP contribution >= 0.6 is 0 Å². The number of rotatable bonds is 5. The molecule has 0 radical (unpaired) electrons. The highest BCUT2D eigenvalue weighted by molar-refractivity contribution is 6.21. The molecule has 370 valence electrons. The van der Waals surface area contributed by atoms with Crippen LogP contribution in [0.4, 0.5) is 5.69 Å². The molecule has 0 spiro atoms. The van der Waals surface area contributed by atoms with E-state index in [1.165, 1.54) is 33.0 Å². The van der Waals surface area contributed by atoms with Crippen molar-refractivity contribution < 1.29 is 4.42 Å². The van der Waals surface area contributed by atoms with Crippen molar-refractivity contribution in [2.24, 2.45) is 0 Å². The van der Waals surface area contributed by atoms with Gasteiger partial charge in [-0.2, -0.15) is 0 Å². The number of nitrogens with zero attached hydrogens (tertiary/aromatic N) is 5. The normalized spacial score (nSPS) is 12.8. The number of benzene rings is 8. The molecule has 0 bridgehead atoms. The van der Waals surface area contributed by atoms with Gasteiger partial charge in [0, 0.05) is 49.3 Å². The van der Waals surface area contributed by atoms with E-state index in [1.807, 2.05) is 36.4 Å². The van der Waals surface area contributed by atoms with Crippen LogP contribution in [0.2, 0.25) is 0 Å². The fourth-order valence-corrected chi connectivity index (χ4v) is 11.1. The Balaban J connectivity index is 1.25. The lowest BCUT2D eigenvalue weighted by molar-refractivity contribution is 0.590. The molecule has 8 aromatic carbocycles. The molecule has 0 amide bonds. The van der Waals surface area contributed by atoms with Gasteiger partial charge in [-0.3, -0.25) is 0 Å². The van der Waals surface area contributed by atoms with Crippen LogP contribution in [-0.2, 0) is 21.7 Å². The molecule has 0 N–H and O–H groups in total. The first-order valence-corrected chi connectivity index (χ1v) is 26.3. The Kier molecular flexibility index (Phi) is 10.7. The van der Waals surface area contributed by atoms with Crippen molar-refractivity contribution in [3.63, 3.8) is 0 Å². The highest BCUT2D eigenvalue weighted by atomic mass is 16.3. The molecule has 0 unspecified atom stereocenters. The predicted molar refractivity (Wildman–Crippen MR) is 315 cm³/mol. The van der Waals surface area contributed by atoms with E-state index >= 15 is 0 Å². The largest absolute Gasteiger partial charge is 0.454 e. The zero-order valence-corrected chi connectivity index (χ0v) is 45.2. The smallest absolute Gasteiger partial charge is 0.216 e. The second-order valence-electron chi connectivity index (χ2n) is 24.7. The van der Waals surface area contributed by atoms with E-state index in [9.17, 15) is 6.57 Å². The van der Waals surface area contributed by atoms with E-state index in [2.05, 4.69) is 224 Å². The summed E-state index contributed by atoms with van der Waals surface area (Å²) in [4.78, 5) is 15.0. The molecule has 4 aromatic heterocycles. The third-order valence-electron chi connectivity index (χ3n) is 15.4. The SMILES string of the molecule is [C-]#[N+]c1cc(-n2c3ccc(C(C)(C)C)cc3c3cc(C(C)(C)C)ccc32)c2c(oc3c(-c4cc(-c5ccccc5)nc(-c5ccccc5)n4)cccc32)c1-n1c2ccc(C(C)(C)C)cc2c2cc(C(C)(C)C)ccc21. The molecule has 0 fully saturated rings. The minimum absolute atomic E-state index is 0.0705. The molecule has 4 heterocycles. The number of para-hydroxylation sites is 1. The Morgan fingerprint density at radius 1 is 0.413 bits per heavy atom. The van der Waals surface area contributed by atoms with Gasteiger partial charge in [-0.05, 0) is 111 Å². The molecular formula is C69H63N5O. The van der Waals surface area contributed by atoms with Crippen molar-refractivity contribution in [3.8, 4) is 45.3 Å². The maximum atomic E-state index is 9.22. The molecule has 75 heavy (non-hydrogen) atoms. The van der Waals surface area contributed by atoms with Crippen molar-refractivity contribution in [1.29, 1.82) is 0 Å². The Morgan fingerprint density at radius 3 is 1.31 bits per heavy atom. The second-order valence-corrected chi connectivity index (χ2v) is 24.7. The van der Waals surface area contributed by atoms with Crippen LogP contribution in [0.5, 0.6) is 0 Å². The fraction of sp³-hybridized carbons (Fsp3) is 0.232. The minimum Gasteiger partial charge on any atom is -0.454 e. The van der Waals surface area contributed by atoms with Crippen LogP contribution in [-0.4, -0.2) is 19.1 Å². The van der Waals surface area contributed by atoms with Crippen molar-refractivity contribution in [2.75, 3.05) is 0 Å². The average Bonchev–Trinajstić information content (AvgIpc) is 4.05. The number of aromatic nitrogens is 4. The maximum Gasteiger partial charge on any atom is 0.216 e. The summed E-state index contributed by atoms with van der Waals surface area (Å²) in [7, 11) is 0. The quantitative estimate of drug-likeness (QED) is 0.162. The number of furan rings is 1. The number of fused-ring (bicyclic) bond motifs is 9. The minimum atomic E-state index is -0.0820. The first-order valence-electron chi connectivity index (χ1n) is 26.3. The molecule has 0 aliphatic heterocycles. The second kappa shape index (κ2) is 16.9. The van der Waals surface area contributed by atoms with Crippen molar-refractivity contribution in [3.05, 3.63) is 197 Å². The molecular weight excluding hydrogens is 915 g/mol. The Bertz CT molecular complexity index is 4120. The van der Waals surface area contributed by atoms with Crippen LogP contribution in [0.25, 0.3) is 116 Å². The van der Waals surface area contributed by atoms with Gasteiger partial charge in [0.25, 0.3) is 0 Å². The molecule has 12 rings (SSSR count). The zero-order chi connectivity index (χ0) is 52.5. The van der Waals surface area contributed by atoms with Crippen LogP contribution < -0.4 is 0 Å². The van der Waals surface area contributed by atoms with E-state index in [-0.39, 0.29) is 21.7 Å². The first-order chi connectivity index (χ1) is 35.7. The van der Waals surface area contributed by atoms with Gasteiger partial charge < -0.3 is 13.6 Å². The standard InChI is InChI=1S/C69H63N5O/c1-66(2,3)43-27-31-56-49(35-43)50-36-44(67(4,5)6)28-32-57(50)73(56)60-40-55(70-13)62(74-58-33-29-45(68(7,8)9)37-51(58)52-38-46(69(10,11)12)30-34-59(52)74)64-61(60)48-26-20-25-47(63(48)75-64)54-39-53(41-21-16-14-17-22-41)71-65(72-54)42-23-18-15-19-24-42/h14-40H,1-12H3. The third-order valence-corrected chi connectivity index (χ3v) is 15.4. The monoisotopic (exact) mass is 978 g/mol. The summed E-state index contributed by atoms with van der Waals surface area (Å²) in [6.45, 7) is 36.5. The Hall–Kier alpha value is -8.27. The van der Waals surface area contributed by atoms with Gasteiger partial charge in [-0.1, -0.05) is 180 Å². The lowest BCUT2D eigenvalue weighted by atomic mass is 9.85. The van der Waals surface area contributed by atoms with E-state index < -0.39 is 0 Å². The average molecular weight is 978 g/mol. The summed E-state index contributed by atoms with van der Waals surface area (Å²) >= 11 is 0. The van der Waals surface area contributed by atoms with E-state index in [0.29, 0.717) is 28.4 Å². The highest BCUT2D eigenvalue weighted by Gasteiger charge is 2.30. The topological polar surface area (TPSA) is 53.1 Å². The maximum absolute atomic E-state index is 9.22. The van der Waals surface area contributed by atoms with Gasteiger partial charge in [0.2, 0.25) is 5.69 Å². The van der Waals surface area contributed by atoms with E-state index in [1.54, 1.807) is 0 Å². The molecule has 6 nitrogen and oxygen atoms in total. The lowest BCUT2D eigenvalue weighted by Crippen LogP contribution is -2.10. The van der Waals surface area contributed by atoms with Gasteiger partial charge in [-0.25, -0.2) is 14.8 Å². The van der Waals surface area contributed by atoms with Gasteiger partial charge in [0.05, 0.1) is 51.1 Å².